The molecule has 2 aromatic carbocycles. The van der Waals surface area contributed by atoms with Crippen molar-refractivity contribution in [2.75, 3.05) is 18.7 Å². The smallest absolute Gasteiger partial charge is 0.264 e. The van der Waals surface area contributed by atoms with Crippen LogP contribution < -0.4 is 14.8 Å². The maximum absolute atomic E-state index is 12.7. The zero-order valence-electron chi connectivity index (χ0n) is 16.7. The lowest BCUT2D eigenvalue weighted by Gasteiger charge is -2.29. The van der Waals surface area contributed by atoms with E-state index in [2.05, 4.69) is 5.32 Å². The monoisotopic (exact) mass is 432 g/mol. The van der Waals surface area contributed by atoms with E-state index in [9.17, 15) is 9.59 Å². The van der Waals surface area contributed by atoms with Gasteiger partial charge in [-0.25, -0.2) is 0 Å². The van der Waals surface area contributed by atoms with Crippen LogP contribution in [0.1, 0.15) is 26.4 Å². The molecule has 0 radical (unpaired) electrons. The molecule has 3 heterocycles. The minimum atomic E-state index is -0.222. The van der Waals surface area contributed by atoms with Gasteiger partial charge in [-0.05, 0) is 64.9 Å². The van der Waals surface area contributed by atoms with Gasteiger partial charge in [0.1, 0.15) is 0 Å². The minimum absolute atomic E-state index is 0.0572. The Labute approximate surface area is 183 Å². The first-order valence-corrected chi connectivity index (χ1v) is 10.9. The third-order valence-corrected chi connectivity index (χ3v) is 6.19. The van der Waals surface area contributed by atoms with Crippen molar-refractivity contribution in [1.29, 1.82) is 0 Å². The molecule has 1 aromatic heterocycles. The fourth-order valence-electron chi connectivity index (χ4n) is 3.74. The first-order chi connectivity index (χ1) is 15.2. The van der Waals surface area contributed by atoms with E-state index in [0.29, 0.717) is 30.3 Å². The fraction of sp³-hybridized carbons (Fsp3) is 0.167. The van der Waals surface area contributed by atoms with E-state index < -0.39 is 0 Å². The molecule has 1 N–H and O–H groups in total. The van der Waals surface area contributed by atoms with Gasteiger partial charge in [0.2, 0.25) is 12.7 Å². The van der Waals surface area contributed by atoms with Crippen LogP contribution in [0, 0.1) is 0 Å². The standard InChI is InChI=1S/C24H20N2O4S/c27-23(8-4-16-3-7-20-21(12-16)30-15-29-20)25-19-6-5-17-9-10-26(14-18(17)13-19)24(28)22-2-1-11-31-22/h1-8,11-13H,9-10,14-15H2,(H,25,27)/b8-4+. The Hall–Kier alpha value is -3.58. The lowest BCUT2D eigenvalue weighted by Crippen LogP contribution is -2.35. The first kappa shape index (κ1) is 19.4. The normalized spacial score (nSPS) is 14.5. The van der Waals surface area contributed by atoms with Crippen LogP contribution in [0.2, 0.25) is 0 Å². The maximum atomic E-state index is 12.7. The molecule has 0 unspecified atom stereocenters. The molecule has 0 fully saturated rings. The number of carbonyl (C=O) groups is 2. The van der Waals surface area contributed by atoms with Crippen LogP contribution in [0.25, 0.3) is 6.08 Å². The molecule has 2 aliphatic rings. The summed E-state index contributed by atoms with van der Waals surface area (Å²) in [4.78, 5) is 27.7. The molecule has 3 aromatic rings. The van der Waals surface area contributed by atoms with Gasteiger partial charge in [0.05, 0.1) is 4.88 Å². The number of hydrogen-bond acceptors (Lipinski definition) is 5. The molecule has 2 amide bonds. The summed E-state index contributed by atoms with van der Waals surface area (Å²) in [7, 11) is 0. The zero-order valence-corrected chi connectivity index (χ0v) is 17.5. The molecular formula is C24H20N2O4S. The van der Waals surface area contributed by atoms with E-state index in [-0.39, 0.29) is 18.6 Å². The van der Waals surface area contributed by atoms with Crippen molar-refractivity contribution < 1.29 is 19.1 Å². The van der Waals surface area contributed by atoms with E-state index in [4.69, 9.17) is 9.47 Å². The maximum Gasteiger partial charge on any atom is 0.264 e. The summed E-state index contributed by atoms with van der Waals surface area (Å²) in [6.07, 6.45) is 4.03. The zero-order chi connectivity index (χ0) is 21.2. The SMILES string of the molecule is O=C(/C=C/c1ccc2c(c1)OCO2)Nc1ccc2c(c1)CN(C(=O)c1cccs1)CC2. The molecule has 7 heteroatoms. The topological polar surface area (TPSA) is 67.9 Å². The molecule has 6 nitrogen and oxygen atoms in total. The second-order valence-electron chi connectivity index (χ2n) is 7.37. The lowest BCUT2D eigenvalue weighted by atomic mass is 9.99. The number of anilines is 1. The quantitative estimate of drug-likeness (QED) is 0.624. The van der Waals surface area contributed by atoms with Crippen LogP contribution in [-0.2, 0) is 17.8 Å². The Morgan fingerprint density at radius 1 is 1.03 bits per heavy atom. The van der Waals surface area contributed by atoms with E-state index in [1.165, 1.54) is 23.0 Å². The lowest BCUT2D eigenvalue weighted by molar-refractivity contribution is -0.111. The Morgan fingerprint density at radius 2 is 1.94 bits per heavy atom. The van der Waals surface area contributed by atoms with Gasteiger partial charge in [-0.2, -0.15) is 0 Å². The molecular weight excluding hydrogens is 412 g/mol. The van der Waals surface area contributed by atoms with Gasteiger partial charge in [-0.1, -0.05) is 18.2 Å². The third kappa shape index (κ3) is 4.18. The van der Waals surface area contributed by atoms with E-state index in [1.807, 2.05) is 58.8 Å². The number of carbonyl (C=O) groups excluding carboxylic acids is 2. The summed E-state index contributed by atoms with van der Waals surface area (Å²) in [5.74, 6) is 1.22. The van der Waals surface area contributed by atoms with Crippen LogP contribution in [0.5, 0.6) is 11.5 Å². The third-order valence-electron chi connectivity index (χ3n) is 5.33. The Balaban J connectivity index is 1.25. The molecule has 2 aliphatic heterocycles. The number of nitrogens with zero attached hydrogens (tertiary/aromatic N) is 1. The summed E-state index contributed by atoms with van der Waals surface area (Å²) < 4.78 is 10.7. The van der Waals surface area contributed by atoms with Crippen molar-refractivity contribution in [3.63, 3.8) is 0 Å². The average molecular weight is 433 g/mol. The molecule has 156 valence electrons. The highest BCUT2D eigenvalue weighted by Crippen LogP contribution is 2.32. The van der Waals surface area contributed by atoms with Crippen LogP contribution in [0.15, 0.2) is 60.0 Å². The number of ether oxygens (including phenoxy) is 2. The highest BCUT2D eigenvalue weighted by Gasteiger charge is 2.22. The number of rotatable bonds is 4. The molecule has 0 saturated carbocycles. The predicted molar refractivity (Wildman–Crippen MR) is 119 cm³/mol. The average Bonchev–Trinajstić information content (AvgIpc) is 3.48. The Morgan fingerprint density at radius 3 is 2.81 bits per heavy atom. The van der Waals surface area contributed by atoms with Crippen molar-refractivity contribution in [3.8, 4) is 11.5 Å². The number of fused-ring (bicyclic) bond motifs is 2. The van der Waals surface area contributed by atoms with Crippen molar-refractivity contribution in [3.05, 3.63) is 81.6 Å². The number of hydrogen-bond donors (Lipinski definition) is 1. The van der Waals surface area contributed by atoms with Crippen molar-refractivity contribution >= 4 is 34.9 Å². The second kappa shape index (κ2) is 8.28. The highest BCUT2D eigenvalue weighted by atomic mass is 32.1. The molecule has 0 spiro atoms. The highest BCUT2D eigenvalue weighted by molar-refractivity contribution is 7.12. The van der Waals surface area contributed by atoms with Gasteiger partial charge in [-0.15, -0.1) is 11.3 Å². The number of benzene rings is 2. The molecule has 0 atom stereocenters. The van der Waals surface area contributed by atoms with Gasteiger partial charge >= 0.3 is 0 Å². The Kier molecular flexibility index (Phi) is 5.18. The first-order valence-electron chi connectivity index (χ1n) is 9.99. The van der Waals surface area contributed by atoms with E-state index >= 15 is 0 Å². The Bertz CT molecular complexity index is 1170. The number of amides is 2. The summed E-state index contributed by atoms with van der Waals surface area (Å²) >= 11 is 1.46. The largest absolute Gasteiger partial charge is 0.454 e. The van der Waals surface area contributed by atoms with E-state index in [0.717, 1.165) is 22.4 Å². The molecule has 0 saturated heterocycles. The molecule has 5 rings (SSSR count). The van der Waals surface area contributed by atoms with E-state index in [1.54, 1.807) is 6.08 Å². The van der Waals surface area contributed by atoms with Gasteiger partial charge in [0.15, 0.2) is 11.5 Å². The van der Waals surface area contributed by atoms with Crippen molar-refractivity contribution in [2.45, 2.75) is 13.0 Å². The van der Waals surface area contributed by atoms with Gasteiger partial charge in [-0.3, -0.25) is 9.59 Å². The molecule has 0 bridgehead atoms. The fourth-order valence-corrected chi connectivity index (χ4v) is 4.43. The van der Waals surface area contributed by atoms with Crippen molar-refractivity contribution in [1.82, 2.24) is 4.90 Å². The summed E-state index contributed by atoms with van der Waals surface area (Å²) in [5, 5.41) is 4.82. The summed E-state index contributed by atoms with van der Waals surface area (Å²) in [5.41, 5.74) is 3.84. The van der Waals surface area contributed by atoms with Crippen LogP contribution in [0.4, 0.5) is 5.69 Å². The van der Waals surface area contributed by atoms with Gasteiger partial charge in [0.25, 0.3) is 5.91 Å². The molecule has 0 aliphatic carbocycles. The number of nitrogens with one attached hydrogen (secondary N) is 1. The number of thiophene rings is 1. The second-order valence-corrected chi connectivity index (χ2v) is 8.32. The van der Waals surface area contributed by atoms with Gasteiger partial charge in [0, 0.05) is 24.9 Å². The van der Waals surface area contributed by atoms with Crippen LogP contribution in [-0.4, -0.2) is 30.1 Å². The summed E-state index contributed by atoms with van der Waals surface area (Å²) in [6, 6.07) is 15.2. The molecule has 31 heavy (non-hydrogen) atoms. The van der Waals surface area contributed by atoms with Crippen molar-refractivity contribution in [2.24, 2.45) is 0 Å². The predicted octanol–water partition coefficient (Wildman–Crippen LogP) is 4.33. The van der Waals surface area contributed by atoms with Gasteiger partial charge < -0.3 is 19.7 Å². The van der Waals surface area contributed by atoms with Crippen LogP contribution in [0.3, 0.4) is 0 Å². The summed E-state index contributed by atoms with van der Waals surface area (Å²) in [6.45, 7) is 1.47. The van der Waals surface area contributed by atoms with Crippen LogP contribution >= 0.6 is 11.3 Å². The minimum Gasteiger partial charge on any atom is -0.454 e.